The Balaban J connectivity index is 3.06. The molecule has 10 heteroatoms. The number of carbonyl (C=O) groups is 1. The van der Waals surface area contributed by atoms with Crippen LogP contribution in [-0.2, 0) is 20.1 Å². The first-order valence-corrected chi connectivity index (χ1v) is 20.4. The van der Waals surface area contributed by atoms with Crippen molar-refractivity contribution in [2.45, 2.75) is 71.0 Å². The number of ether oxygens (including phenoxy) is 3. The predicted molar refractivity (Wildman–Crippen MR) is 146 cm³/mol. The van der Waals surface area contributed by atoms with Crippen LogP contribution in [0, 0.1) is 5.92 Å². The van der Waals surface area contributed by atoms with Gasteiger partial charge in [-0.25, -0.2) is 4.79 Å². The highest BCUT2D eigenvalue weighted by atomic mass is 28.4. The Kier molecular flexibility index (Phi) is 12.1. The van der Waals surface area contributed by atoms with Crippen LogP contribution in [0.3, 0.4) is 0 Å². The minimum atomic E-state index is -1.69. The molecule has 0 aromatic heterocycles. The van der Waals surface area contributed by atoms with Gasteiger partial charge in [0.2, 0.25) is 5.75 Å². The van der Waals surface area contributed by atoms with Crippen molar-refractivity contribution < 1.29 is 33.0 Å². The lowest BCUT2D eigenvalue weighted by atomic mass is 9.96. The Morgan fingerprint density at radius 3 is 2.00 bits per heavy atom. The van der Waals surface area contributed by atoms with Crippen LogP contribution < -0.4 is 14.2 Å². The van der Waals surface area contributed by atoms with Crippen molar-refractivity contribution in [3.05, 3.63) is 23.3 Å². The van der Waals surface area contributed by atoms with Gasteiger partial charge in [-0.3, -0.25) is 0 Å². The average Bonchev–Trinajstić information content (AvgIpc) is 2.71. The lowest BCUT2D eigenvalue weighted by Gasteiger charge is -2.32. The van der Waals surface area contributed by atoms with Crippen LogP contribution in [0.2, 0.25) is 45.3 Å². The molecule has 0 radical (unpaired) electrons. The van der Waals surface area contributed by atoms with E-state index in [9.17, 15) is 4.79 Å². The molecule has 1 unspecified atom stereocenters. The van der Waals surface area contributed by atoms with Crippen molar-refractivity contribution in [3.8, 4) is 17.2 Å². The number of benzene rings is 1. The van der Waals surface area contributed by atoms with Crippen molar-refractivity contribution in [3.63, 3.8) is 0 Å². The molecule has 1 N–H and O–H groups in total. The number of aliphatic carboxylic acids is 1. The van der Waals surface area contributed by atoms with Gasteiger partial charge in [-0.2, -0.15) is 0 Å². The Morgan fingerprint density at radius 2 is 1.56 bits per heavy atom. The number of methoxy groups -OCH3 is 3. The van der Waals surface area contributed by atoms with E-state index in [4.69, 9.17) is 28.2 Å². The number of carboxylic acids is 1. The minimum Gasteiger partial charge on any atom is -0.493 e. The highest BCUT2D eigenvalue weighted by Gasteiger charge is 2.27. The third-order valence-electron chi connectivity index (χ3n) is 5.13. The van der Waals surface area contributed by atoms with Gasteiger partial charge in [0.15, 0.2) is 28.1 Å². The van der Waals surface area contributed by atoms with Crippen LogP contribution in [0.4, 0.5) is 0 Å². The van der Waals surface area contributed by atoms with E-state index in [1.54, 1.807) is 33.5 Å². The fraction of sp³-hybridized carbons (Fsp3) is 0.625. The average molecular weight is 529 g/mol. The second kappa shape index (κ2) is 13.5. The maximum atomic E-state index is 11.1. The molecular formula is C24H44O7Si3. The van der Waals surface area contributed by atoms with Crippen LogP contribution >= 0.6 is 0 Å². The molecular weight excluding hydrogens is 485 g/mol. The topological polar surface area (TPSA) is 83.5 Å². The summed E-state index contributed by atoms with van der Waals surface area (Å²) in [6.45, 7) is 15.5. The quantitative estimate of drug-likeness (QED) is 0.196. The van der Waals surface area contributed by atoms with Gasteiger partial charge in [-0.05, 0) is 75.7 Å². The molecule has 1 aromatic rings. The molecule has 0 saturated carbocycles. The van der Waals surface area contributed by atoms with E-state index in [0.717, 1.165) is 36.1 Å². The molecule has 34 heavy (non-hydrogen) atoms. The van der Waals surface area contributed by atoms with Gasteiger partial charge >= 0.3 is 5.97 Å². The highest BCUT2D eigenvalue weighted by molar-refractivity contribution is 6.71. The summed E-state index contributed by atoms with van der Waals surface area (Å²) >= 11 is 0. The zero-order valence-electron chi connectivity index (χ0n) is 22.6. The lowest BCUT2D eigenvalue weighted by molar-refractivity contribution is -0.131. The van der Waals surface area contributed by atoms with E-state index < -0.39 is 32.1 Å². The van der Waals surface area contributed by atoms with Crippen LogP contribution in [-0.4, -0.2) is 64.5 Å². The fourth-order valence-corrected chi connectivity index (χ4v) is 10.5. The summed E-state index contributed by atoms with van der Waals surface area (Å²) in [6, 6.07) is 2.91. The van der Waals surface area contributed by atoms with E-state index in [1.165, 1.54) is 0 Å². The van der Waals surface area contributed by atoms with E-state index in [1.807, 2.05) is 0 Å². The summed E-state index contributed by atoms with van der Waals surface area (Å²) in [6.07, 6.45) is 4.37. The molecule has 0 aliphatic carbocycles. The molecule has 0 aliphatic heterocycles. The largest absolute Gasteiger partial charge is 0.493 e. The van der Waals surface area contributed by atoms with Crippen LogP contribution in [0.1, 0.15) is 24.5 Å². The molecule has 0 bridgehead atoms. The summed E-state index contributed by atoms with van der Waals surface area (Å²) in [4.78, 5) is 11.1. The van der Waals surface area contributed by atoms with E-state index >= 15 is 0 Å². The number of hydrogen-bond acceptors (Lipinski definition) is 6. The Morgan fingerprint density at radius 1 is 1.00 bits per heavy atom. The maximum Gasteiger partial charge on any atom is 0.328 e. The van der Waals surface area contributed by atoms with Crippen LogP contribution in [0.15, 0.2) is 12.1 Å². The van der Waals surface area contributed by atoms with Crippen molar-refractivity contribution in [2.24, 2.45) is 5.92 Å². The second-order valence-electron chi connectivity index (χ2n) is 10.5. The molecule has 194 valence electrons. The molecule has 0 spiro atoms. The SMILES string of the molecule is COc1cc(/C=C/C(=O)O)c(CCC(C)C[SiH2]C(O[Si](C)(C)C)O[Si](C)(C)C)c(OC)c1OC. The van der Waals surface area contributed by atoms with Gasteiger partial charge in [-0.1, -0.05) is 13.0 Å². The van der Waals surface area contributed by atoms with Gasteiger partial charge in [0.1, 0.15) is 5.91 Å². The van der Waals surface area contributed by atoms with Gasteiger partial charge in [0.25, 0.3) is 0 Å². The Bertz CT molecular complexity index is 813. The molecule has 0 heterocycles. The molecule has 0 aliphatic rings. The van der Waals surface area contributed by atoms with Gasteiger partial charge < -0.3 is 28.2 Å². The Hall–Kier alpha value is -1.60. The smallest absolute Gasteiger partial charge is 0.328 e. The molecule has 1 aromatic carbocycles. The molecule has 0 fully saturated rings. The highest BCUT2D eigenvalue weighted by Crippen LogP contribution is 2.43. The van der Waals surface area contributed by atoms with E-state index in [2.05, 4.69) is 46.2 Å². The molecule has 0 amide bonds. The van der Waals surface area contributed by atoms with E-state index in [-0.39, 0.29) is 5.91 Å². The van der Waals surface area contributed by atoms with Crippen LogP contribution in [0.5, 0.6) is 17.2 Å². The summed E-state index contributed by atoms with van der Waals surface area (Å²) in [5.74, 6) is 1.04. The maximum absolute atomic E-state index is 11.1. The first-order valence-electron chi connectivity index (χ1n) is 11.8. The molecule has 1 rings (SSSR count). The lowest BCUT2D eigenvalue weighted by Crippen LogP contribution is -2.43. The number of hydrogen-bond donors (Lipinski definition) is 1. The van der Waals surface area contributed by atoms with Crippen molar-refractivity contribution in [1.82, 2.24) is 0 Å². The minimum absolute atomic E-state index is 0.0227. The van der Waals surface area contributed by atoms with Crippen molar-refractivity contribution in [2.75, 3.05) is 21.3 Å². The van der Waals surface area contributed by atoms with Gasteiger partial charge in [-0.15, -0.1) is 0 Å². The van der Waals surface area contributed by atoms with E-state index in [0.29, 0.717) is 23.2 Å². The fourth-order valence-electron chi connectivity index (χ4n) is 3.69. The first kappa shape index (κ1) is 30.4. The number of carboxylic acid groups (broad SMARTS) is 1. The van der Waals surface area contributed by atoms with Crippen molar-refractivity contribution >= 4 is 38.2 Å². The van der Waals surface area contributed by atoms with Crippen molar-refractivity contribution in [1.29, 1.82) is 0 Å². The van der Waals surface area contributed by atoms with Gasteiger partial charge in [0, 0.05) is 11.6 Å². The second-order valence-corrected chi connectivity index (χ2v) is 21.2. The molecule has 1 atom stereocenters. The zero-order valence-corrected chi connectivity index (χ0v) is 26.0. The summed E-state index contributed by atoms with van der Waals surface area (Å²) < 4.78 is 29.5. The summed E-state index contributed by atoms with van der Waals surface area (Å²) in [5, 5.41) is 9.13. The summed E-state index contributed by atoms with van der Waals surface area (Å²) in [7, 11) is 0.748. The Labute approximate surface area is 209 Å². The number of rotatable bonds is 15. The normalized spacial score (nSPS) is 13.7. The first-order chi connectivity index (χ1) is 15.7. The third-order valence-corrected chi connectivity index (χ3v) is 9.86. The predicted octanol–water partition coefficient (Wildman–Crippen LogP) is 4.95. The zero-order chi connectivity index (χ0) is 26.1. The van der Waals surface area contributed by atoms with Gasteiger partial charge in [0.05, 0.1) is 30.8 Å². The van der Waals surface area contributed by atoms with Crippen LogP contribution in [0.25, 0.3) is 6.08 Å². The third kappa shape index (κ3) is 10.8. The summed E-state index contributed by atoms with van der Waals surface area (Å²) in [5.41, 5.74) is 1.67. The molecule has 0 saturated heterocycles. The monoisotopic (exact) mass is 528 g/mol. The standard InChI is InChI=1S/C24H44O7Si3/c1-17(16-32-24(30-33(5,6)7)31-34(8,9)10)11-13-19-18(12-14-21(25)26)15-20(27-2)23(29-4)22(19)28-3/h12,14-15,17,24H,11,13,16,32H2,1-10H3,(H,25,26)/b14-12+. The molecule has 7 nitrogen and oxygen atoms in total.